The van der Waals surface area contributed by atoms with Crippen molar-refractivity contribution in [2.45, 2.75) is 38.4 Å². The topological polar surface area (TPSA) is 68.0 Å². The first-order valence-electron chi connectivity index (χ1n) is 9.35. The lowest BCUT2D eigenvalue weighted by atomic mass is 10.2. The van der Waals surface area contributed by atoms with Gasteiger partial charge in [-0.3, -0.25) is 4.68 Å². The highest BCUT2D eigenvalue weighted by molar-refractivity contribution is 5.75. The van der Waals surface area contributed by atoms with Crippen molar-refractivity contribution in [3.8, 4) is 5.69 Å². The number of benzene rings is 1. The predicted octanol–water partition coefficient (Wildman–Crippen LogP) is 3.18. The highest BCUT2D eigenvalue weighted by Crippen LogP contribution is 2.29. The summed E-state index contributed by atoms with van der Waals surface area (Å²) in [5, 5.41) is 11.4. The summed E-state index contributed by atoms with van der Waals surface area (Å²) in [7, 11) is 1.86. The van der Waals surface area contributed by atoms with Crippen molar-refractivity contribution in [1.29, 1.82) is 0 Å². The molecule has 1 aliphatic rings. The van der Waals surface area contributed by atoms with Gasteiger partial charge >= 0.3 is 6.03 Å². The minimum absolute atomic E-state index is 0.113. The van der Waals surface area contributed by atoms with Gasteiger partial charge in [0.1, 0.15) is 11.5 Å². The minimum atomic E-state index is -0.342. The van der Waals surface area contributed by atoms with Gasteiger partial charge in [-0.05, 0) is 31.9 Å². The molecule has 4 rings (SSSR count). The molecule has 0 radical (unpaired) electrons. The normalized spacial score (nSPS) is 14.7. The molecule has 0 saturated heterocycles. The lowest BCUT2D eigenvalue weighted by molar-refractivity contribution is 0.188. The van der Waals surface area contributed by atoms with E-state index < -0.39 is 0 Å². The van der Waals surface area contributed by atoms with E-state index in [-0.39, 0.29) is 23.9 Å². The Labute approximate surface area is 162 Å². The molecule has 146 valence electrons. The largest absolute Gasteiger partial charge is 0.331 e. The zero-order chi connectivity index (χ0) is 19.7. The maximum absolute atomic E-state index is 14.0. The lowest BCUT2D eigenvalue weighted by Gasteiger charge is -2.24. The Hall–Kier alpha value is -3.16. The fourth-order valence-electron chi connectivity index (χ4n) is 3.18. The number of aromatic nitrogens is 4. The molecule has 0 aliphatic heterocycles. The summed E-state index contributed by atoms with van der Waals surface area (Å²) in [4.78, 5) is 14.7. The van der Waals surface area contributed by atoms with Crippen molar-refractivity contribution in [2.75, 3.05) is 0 Å². The number of halogens is 1. The Kier molecular flexibility index (Phi) is 4.85. The number of urea groups is 1. The standard InChI is InChI=1S/C20H23FN6O/c1-14(16-10-23-27(13-16)19-6-4-3-5-18(19)21)24-20(28)26(17-7-8-17)12-15-9-22-25(2)11-15/h3-6,9-11,13-14,17H,7-8,12H2,1-2H3,(H,24,28)/t14-/m1/s1. The van der Waals surface area contributed by atoms with Gasteiger partial charge in [-0.2, -0.15) is 10.2 Å². The number of amides is 2. The average Bonchev–Trinajstić information content (AvgIpc) is 3.23. The van der Waals surface area contributed by atoms with E-state index in [1.165, 1.54) is 10.7 Å². The van der Waals surface area contributed by atoms with Crippen LogP contribution in [0.25, 0.3) is 5.69 Å². The van der Waals surface area contributed by atoms with E-state index in [9.17, 15) is 9.18 Å². The van der Waals surface area contributed by atoms with Gasteiger partial charge in [0.2, 0.25) is 0 Å². The summed E-state index contributed by atoms with van der Waals surface area (Å²) in [6.45, 7) is 2.43. The molecule has 1 aliphatic carbocycles. The Morgan fingerprint density at radius 2 is 2.07 bits per heavy atom. The molecule has 1 saturated carbocycles. The molecule has 1 fully saturated rings. The Balaban J connectivity index is 1.44. The van der Waals surface area contributed by atoms with Gasteiger partial charge in [-0.15, -0.1) is 0 Å². The van der Waals surface area contributed by atoms with Gasteiger partial charge in [0.25, 0.3) is 0 Å². The van der Waals surface area contributed by atoms with Crippen LogP contribution in [0.15, 0.2) is 49.1 Å². The van der Waals surface area contributed by atoms with Crippen LogP contribution in [0.5, 0.6) is 0 Å². The Morgan fingerprint density at radius 1 is 1.29 bits per heavy atom. The Bertz CT molecular complexity index is 976. The average molecular weight is 382 g/mol. The second-order valence-electron chi connectivity index (χ2n) is 7.22. The number of hydrogen-bond donors (Lipinski definition) is 1. The number of nitrogens with zero attached hydrogens (tertiary/aromatic N) is 5. The number of aryl methyl sites for hydroxylation is 1. The second-order valence-corrected chi connectivity index (χ2v) is 7.22. The molecule has 7 nitrogen and oxygen atoms in total. The summed E-state index contributed by atoms with van der Waals surface area (Å²) < 4.78 is 17.2. The number of rotatable bonds is 6. The zero-order valence-electron chi connectivity index (χ0n) is 15.9. The molecule has 3 aromatic rings. The van der Waals surface area contributed by atoms with Crippen LogP contribution in [0.2, 0.25) is 0 Å². The molecule has 1 aromatic carbocycles. The molecule has 8 heteroatoms. The summed E-state index contributed by atoms with van der Waals surface area (Å²) in [5.41, 5.74) is 2.20. The van der Waals surface area contributed by atoms with Gasteiger partial charge in [0.05, 0.1) is 25.0 Å². The van der Waals surface area contributed by atoms with Gasteiger partial charge in [0, 0.05) is 36.6 Å². The van der Waals surface area contributed by atoms with Crippen molar-refractivity contribution in [1.82, 2.24) is 29.8 Å². The molecule has 0 bridgehead atoms. The van der Waals surface area contributed by atoms with Crippen LogP contribution in [0.4, 0.5) is 9.18 Å². The van der Waals surface area contributed by atoms with E-state index in [1.807, 2.05) is 25.1 Å². The highest BCUT2D eigenvalue weighted by Gasteiger charge is 2.33. The fourth-order valence-corrected chi connectivity index (χ4v) is 3.18. The zero-order valence-corrected chi connectivity index (χ0v) is 15.9. The van der Waals surface area contributed by atoms with E-state index in [4.69, 9.17) is 0 Å². The van der Waals surface area contributed by atoms with Crippen LogP contribution in [-0.2, 0) is 13.6 Å². The SMILES string of the molecule is C[C@@H](NC(=O)N(Cc1cnn(C)c1)C1CC1)c1cnn(-c2ccccc2F)c1. The van der Waals surface area contributed by atoms with Crippen LogP contribution in [0.1, 0.15) is 36.9 Å². The summed E-state index contributed by atoms with van der Waals surface area (Å²) in [5.74, 6) is -0.342. The first-order chi connectivity index (χ1) is 13.5. The third kappa shape index (κ3) is 3.90. The summed E-state index contributed by atoms with van der Waals surface area (Å²) in [6, 6.07) is 6.37. The van der Waals surface area contributed by atoms with Gasteiger partial charge < -0.3 is 10.2 Å². The molecule has 28 heavy (non-hydrogen) atoms. The highest BCUT2D eigenvalue weighted by atomic mass is 19.1. The molecular weight excluding hydrogens is 359 g/mol. The first-order valence-corrected chi connectivity index (χ1v) is 9.35. The number of hydrogen-bond acceptors (Lipinski definition) is 3. The maximum atomic E-state index is 14.0. The summed E-state index contributed by atoms with van der Waals surface area (Å²) >= 11 is 0. The molecular formula is C20H23FN6O. The maximum Gasteiger partial charge on any atom is 0.318 e. The number of para-hydroxylation sites is 1. The third-order valence-corrected chi connectivity index (χ3v) is 4.90. The molecule has 1 atom stereocenters. The van der Waals surface area contributed by atoms with E-state index >= 15 is 0 Å². The monoisotopic (exact) mass is 382 g/mol. The van der Waals surface area contributed by atoms with Gasteiger partial charge in [0.15, 0.2) is 0 Å². The fraction of sp³-hybridized carbons (Fsp3) is 0.350. The van der Waals surface area contributed by atoms with Crippen LogP contribution >= 0.6 is 0 Å². The van der Waals surface area contributed by atoms with Crippen molar-refractivity contribution in [3.63, 3.8) is 0 Å². The molecule has 0 spiro atoms. The second kappa shape index (κ2) is 7.46. The van der Waals surface area contributed by atoms with Gasteiger partial charge in [-0.1, -0.05) is 12.1 Å². The minimum Gasteiger partial charge on any atom is -0.331 e. The molecule has 2 heterocycles. The van der Waals surface area contributed by atoms with Crippen LogP contribution in [0, 0.1) is 5.82 Å². The lowest BCUT2D eigenvalue weighted by Crippen LogP contribution is -2.41. The molecule has 2 aromatic heterocycles. The first kappa shape index (κ1) is 18.2. The quantitative estimate of drug-likeness (QED) is 0.712. The molecule has 1 N–H and O–H groups in total. The number of carbonyl (C=O) groups is 1. The smallest absolute Gasteiger partial charge is 0.318 e. The van der Waals surface area contributed by atoms with Crippen LogP contribution in [-0.4, -0.2) is 36.5 Å². The predicted molar refractivity (Wildman–Crippen MR) is 102 cm³/mol. The van der Waals surface area contributed by atoms with E-state index in [0.717, 1.165) is 24.0 Å². The van der Waals surface area contributed by atoms with Crippen molar-refractivity contribution < 1.29 is 9.18 Å². The van der Waals surface area contributed by atoms with Crippen LogP contribution in [0.3, 0.4) is 0 Å². The summed E-state index contributed by atoms with van der Waals surface area (Å²) in [6.07, 6.45) is 9.14. The Morgan fingerprint density at radius 3 is 2.75 bits per heavy atom. The van der Waals surface area contributed by atoms with Gasteiger partial charge in [-0.25, -0.2) is 13.9 Å². The van der Waals surface area contributed by atoms with Crippen molar-refractivity contribution in [2.24, 2.45) is 7.05 Å². The van der Waals surface area contributed by atoms with E-state index in [2.05, 4.69) is 15.5 Å². The van der Waals surface area contributed by atoms with Crippen molar-refractivity contribution in [3.05, 3.63) is 66.0 Å². The van der Waals surface area contributed by atoms with E-state index in [0.29, 0.717) is 12.2 Å². The van der Waals surface area contributed by atoms with E-state index in [1.54, 1.807) is 41.5 Å². The third-order valence-electron chi connectivity index (χ3n) is 4.90. The van der Waals surface area contributed by atoms with Crippen LogP contribution < -0.4 is 5.32 Å². The number of carbonyl (C=O) groups excluding carboxylic acids is 1. The molecule has 2 amide bonds. The molecule has 0 unspecified atom stereocenters. The number of nitrogens with one attached hydrogen (secondary N) is 1. The van der Waals surface area contributed by atoms with Crippen molar-refractivity contribution >= 4 is 6.03 Å².